The van der Waals surface area contributed by atoms with E-state index in [9.17, 15) is 0 Å². The SMILES string of the molecule is CN(c1ccccc1)c1ccc2c(c1)C(C)(C)c1cc(-n3c4ccccc4c4ccccc43)ccc1-2.CN(c1ccccc1)c1ccc2c(c1)C(c1ccccc1)(c1ccccc1)c1cc(-n3c4ccccc4c4ccccc43)ccc1-2.CN(c1ccccc1)c1ccc2c(c1)C1(c3ccccc3-c3ccccc31)c1cc(-n3c4ccccc4c4ccccc43)ccc1-2. The topological polar surface area (TPSA) is 24.5 Å². The van der Waals surface area contributed by atoms with Crippen LogP contribution in [-0.2, 0) is 16.2 Å². The van der Waals surface area contributed by atoms with E-state index in [1.54, 1.807) is 0 Å². The molecule has 26 rings (SSSR count). The van der Waals surface area contributed by atoms with Gasteiger partial charge in [0.05, 0.1) is 43.9 Å². The second kappa shape index (κ2) is 29.9. The lowest BCUT2D eigenvalue weighted by molar-refractivity contribution is 0.660. The molecule has 0 saturated heterocycles. The molecule has 0 N–H and O–H groups in total. The van der Waals surface area contributed by atoms with Gasteiger partial charge in [-0.15, -0.1) is 0 Å². The molecule has 19 aromatic carbocycles. The number of para-hydroxylation sites is 9. The molecule has 3 heterocycles. The number of fused-ring (bicyclic) bond motifs is 25. The summed E-state index contributed by atoms with van der Waals surface area (Å²) in [5.74, 6) is 0. The largest absolute Gasteiger partial charge is 0.345 e. The third kappa shape index (κ3) is 11.4. The predicted molar refractivity (Wildman–Crippen MR) is 537 cm³/mol. The maximum absolute atomic E-state index is 2.48. The summed E-state index contributed by atoms with van der Waals surface area (Å²) < 4.78 is 7.30. The van der Waals surface area contributed by atoms with Crippen molar-refractivity contribution in [1.29, 1.82) is 0 Å². The van der Waals surface area contributed by atoms with Crippen LogP contribution in [0.2, 0.25) is 0 Å². The van der Waals surface area contributed by atoms with E-state index in [0.29, 0.717) is 0 Å². The van der Waals surface area contributed by atoms with Gasteiger partial charge in [0, 0.05) is 110 Å². The summed E-state index contributed by atoms with van der Waals surface area (Å²) in [7, 11) is 6.47. The van der Waals surface area contributed by atoms with E-state index in [1.165, 1.54) is 205 Å². The average molecular weight is 1640 g/mol. The van der Waals surface area contributed by atoms with E-state index < -0.39 is 10.8 Å². The van der Waals surface area contributed by atoms with Gasteiger partial charge in [-0.25, -0.2) is 0 Å². The fourth-order valence-electron chi connectivity index (χ4n) is 22.3. The van der Waals surface area contributed by atoms with Crippen LogP contribution in [0, 0.1) is 0 Å². The molecule has 608 valence electrons. The number of nitrogens with zero attached hydrogens (tertiary/aromatic N) is 6. The fourth-order valence-corrected chi connectivity index (χ4v) is 22.3. The predicted octanol–water partition coefficient (Wildman–Crippen LogP) is 30.7. The first-order valence-corrected chi connectivity index (χ1v) is 44.5. The van der Waals surface area contributed by atoms with Crippen LogP contribution in [0.3, 0.4) is 0 Å². The second-order valence-electron chi connectivity index (χ2n) is 35.1. The second-order valence-corrected chi connectivity index (χ2v) is 35.1. The van der Waals surface area contributed by atoms with Crippen LogP contribution in [0.1, 0.15) is 69.5 Å². The van der Waals surface area contributed by atoms with Crippen molar-refractivity contribution in [3.05, 3.63) is 511 Å². The number of rotatable bonds is 11. The van der Waals surface area contributed by atoms with Crippen LogP contribution in [0.5, 0.6) is 0 Å². The lowest BCUT2D eigenvalue weighted by atomic mass is 9.67. The number of hydrogen-bond acceptors (Lipinski definition) is 3. The molecule has 4 aliphatic rings. The Labute approximate surface area is 746 Å². The van der Waals surface area contributed by atoms with Gasteiger partial charge < -0.3 is 28.4 Å². The minimum Gasteiger partial charge on any atom is -0.345 e. The van der Waals surface area contributed by atoms with E-state index in [2.05, 4.69) is 518 Å². The van der Waals surface area contributed by atoms with Crippen molar-refractivity contribution in [3.63, 3.8) is 0 Å². The zero-order chi connectivity index (χ0) is 85.5. The van der Waals surface area contributed by atoms with Gasteiger partial charge >= 0.3 is 0 Å². The molecule has 3 aromatic heterocycles. The first-order chi connectivity index (χ1) is 63.0. The van der Waals surface area contributed by atoms with Gasteiger partial charge in [0.2, 0.25) is 0 Å². The molecule has 0 unspecified atom stereocenters. The van der Waals surface area contributed by atoms with Crippen molar-refractivity contribution >= 4 is 99.5 Å². The first kappa shape index (κ1) is 75.7. The standard InChI is InChI=1S/C44H30N2.C44H32N2.C34H28N2/c1-45(29-13-3-2-4-14-29)30-23-25-34-35-26-24-31(46-42-21-11-7-17-36(42)37-18-8-12-22-43(37)46)28-41(35)44(40(34)27-30)38-19-9-5-15-32(38)33-16-6-10-20-39(33)44;1-45(33-19-9-4-10-20-33)34-25-27-36-37-28-26-35(46-42-23-13-11-21-38(42)39-22-12-14-24-43(39)46)30-41(37)44(40(36)29-34,31-15-5-2-6-16-31)32-17-7-3-8-18-32;1-34(2)30-21-24(35(3)23-11-5-4-6-12-23)17-19-26(30)27-20-18-25(22-31(27)34)36-32-15-9-7-13-28(32)29-14-8-10-16-33(29)36/h2-28H,1H3;2-30H,1H3;4-22H,1-3H3. The van der Waals surface area contributed by atoms with E-state index >= 15 is 0 Å². The Balaban J connectivity index is 0.000000108. The lowest BCUT2D eigenvalue weighted by Crippen LogP contribution is -2.29. The van der Waals surface area contributed by atoms with Crippen molar-refractivity contribution in [2.24, 2.45) is 0 Å². The normalized spacial score (nSPS) is 13.4. The van der Waals surface area contributed by atoms with E-state index in [4.69, 9.17) is 0 Å². The molecule has 22 aromatic rings. The molecule has 0 bridgehead atoms. The minimum absolute atomic E-state index is 0.0903. The molecule has 0 aliphatic heterocycles. The molecular formula is C122H90N6. The number of aromatic nitrogens is 3. The zero-order valence-corrected chi connectivity index (χ0v) is 72.0. The molecule has 1 spiro atoms. The minimum atomic E-state index is -0.504. The highest BCUT2D eigenvalue weighted by Crippen LogP contribution is 2.65. The van der Waals surface area contributed by atoms with Crippen molar-refractivity contribution < 1.29 is 0 Å². The fraction of sp³-hybridized carbons (Fsp3) is 0.0656. The van der Waals surface area contributed by atoms with Crippen LogP contribution >= 0.6 is 0 Å². The molecule has 0 amide bonds. The van der Waals surface area contributed by atoms with Crippen LogP contribution in [0.15, 0.2) is 455 Å². The molecule has 6 heteroatoms. The third-order valence-electron chi connectivity index (χ3n) is 28.3. The molecule has 0 fully saturated rings. The van der Waals surface area contributed by atoms with Crippen molar-refractivity contribution in [1.82, 2.24) is 13.7 Å². The summed E-state index contributed by atoms with van der Waals surface area (Å²) in [6.45, 7) is 4.72. The Bertz CT molecular complexity index is 7650. The molecule has 128 heavy (non-hydrogen) atoms. The Morgan fingerprint density at radius 3 is 0.719 bits per heavy atom. The summed E-state index contributed by atoms with van der Waals surface area (Å²) in [6.07, 6.45) is 0. The summed E-state index contributed by atoms with van der Waals surface area (Å²) in [6, 6.07) is 167. The van der Waals surface area contributed by atoms with E-state index in [0.717, 1.165) is 11.4 Å². The quantitative estimate of drug-likeness (QED) is 0.129. The number of hydrogen-bond donors (Lipinski definition) is 0. The van der Waals surface area contributed by atoms with Crippen LogP contribution in [0.25, 0.3) is 127 Å². The molecule has 0 atom stereocenters. The summed E-state index contributed by atoms with van der Waals surface area (Å²) in [4.78, 5) is 6.85. The maximum atomic E-state index is 2.48. The van der Waals surface area contributed by atoms with Gasteiger partial charge in [0.15, 0.2) is 0 Å². The van der Waals surface area contributed by atoms with Crippen molar-refractivity contribution in [2.45, 2.75) is 30.1 Å². The average Bonchev–Trinajstić information content (AvgIpc) is 1.50. The highest BCUT2D eigenvalue weighted by Gasteiger charge is 2.53. The molecule has 0 radical (unpaired) electrons. The molecule has 0 saturated carbocycles. The summed E-state index contributed by atoms with van der Waals surface area (Å²) in [5.41, 5.74) is 40.8. The maximum Gasteiger partial charge on any atom is 0.0727 e. The number of benzene rings is 19. The Morgan fingerprint density at radius 1 is 0.172 bits per heavy atom. The molecule has 6 nitrogen and oxygen atoms in total. The highest BCUT2D eigenvalue weighted by atomic mass is 15.1. The van der Waals surface area contributed by atoms with E-state index in [1.807, 2.05) is 0 Å². The highest BCUT2D eigenvalue weighted by molar-refractivity contribution is 6.12. The monoisotopic (exact) mass is 1640 g/mol. The van der Waals surface area contributed by atoms with Gasteiger partial charge in [-0.05, 0) is 246 Å². The van der Waals surface area contributed by atoms with Crippen LogP contribution < -0.4 is 14.7 Å². The Kier molecular flexibility index (Phi) is 17.7. The van der Waals surface area contributed by atoms with E-state index in [-0.39, 0.29) is 5.41 Å². The van der Waals surface area contributed by atoms with Crippen LogP contribution in [-0.4, -0.2) is 34.8 Å². The molecule has 4 aliphatic carbocycles. The smallest absolute Gasteiger partial charge is 0.0727 e. The Hall–Kier alpha value is -16.0. The third-order valence-corrected chi connectivity index (χ3v) is 28.3. The van der Waals surface area contributed by atoms with Gasteiger partial charge in [-0.1, -0.05) is 323 Å². The molecular weight excluding hydrogens is 1550 g/mol. The zero-order valence-electron chi connectivity index (χ0n) is 72.0. The Morgan fingerprint density at radius 2 is 0.391 bits per heavy atom. The van der Waals surface area contributed by atoms with Gasteiger partial charge in [-0.3, -0.25) is 0 Å². The summed E-state index contributed by atoms with van der Waals surface area (Å²) >= 11 is 0. The van der Waals surface area contributed by atoms with Gasteiger partial charge in [-0.2, -0.15) is 0 Å². The summed E-state index contributed by atoms with van der Waals surface area (Å²) in [5, 5.41) is 7.69. The van der Waals surface area contributed by atoms with Crippen LogP contribution in [0.4, 0.5) is 34.1 Å². The number of anilines is 6. The lowest BCUT2D eigenvalue weighted by Gasteiger charge is -2.34. The van der Waals surface area contributed by atoms with Crippen molar-refractivity contribution in [3.8, 4) is 61.6 Å². The van der Waals surface area contributed by atoms with Gasteiger partial charge in [0.25, 0.3) is 0 Å². The van der Waals surface area contributed by atoms with Crippen molar-refractivity contribution in [2.75, 3.05) is 35.8 Å². The van der Waals surface area contributed by atoms with Gasteiger partial charge in [0.1, 0.15) is 0 Å². The first-order valence-electron chi connectivity index (χ1n) is 44.5.